The van der Waals surface area contributed by atoms with Crippen LogP contribution in [0.2, 0.25) is 0 Å². The zero-order valence-corrected chi connectivity index (χ0v) is 10.5. The van der Waals surface area contributed by atoms with Crippen LogP contribution < -0.4 is 5.32 Å². The summed E-state index contributed by atoms with van der Waals surface area (Å²) < 4.78 is 0. The van der Waals surface area contributed by atoms with Crippen molar-refractivity contribution in [3.8, 4) is 11.3 Å². The summed E-state index contributed by atoms with van der Waals surface area (Å²) >= 11 is 1.34. The molecule has 0 saturated carbocycles. The number of fused-ring (bicyclic) bond motifs is 1. The Hall–Kier alpha value is -2.01. The zero-order chi connectivity index (χ0) is 12.7. The summed E-state index contributed by atoms with van der Waals surface area (Å²) in [7, 11) is 0. The molecule has 1 aliphatic rings. The molecule has 2 heterocycles. The molecule has 0 spiro atoms. The summed E-state index contributed by atoms with van der Waals surface area (Å²) in [6.07, 6.45) is 0.410. The van der Waals surface area contributed by atoms with E-state index in [0.717, 1.165) is 22.5 Å². The highest BCUT2D eigenvalue weighted by molar-refractivity contribution is 7.12. The summed E-state index contributed by atoms with van der Waals surface area (Å²) in [5.74, 6) is -0.00546. The van der Waals surface area contributed by atoms with Gasteiger partial charge in [-0.05, 0) is 17.7 Å². The van der Waals surface area contributed by atoms with Gasteiger partial charge in [0.1, 0.15) is 0 Å². The summed E-state index contributed by atoms with van der Waals surface area (Å²) in [6, 6.07) is 5.73. The Balaban J connectivity index is 2.00. The second-order valence-electron chi connectivity index (χ2n) is 4.19. The van der Waals surface area contributed by atoms with Gasteiger partial charge >= 0.3 is 0 Å². The SMILES string of the molecule is CC(=O)c1nc(-c2ccc3c(c2)CC(=O)N3)cs1. The van der Waals surface area contributed by atoms with Crippen molar-refractivity contribution >= 4 is 28.7 Å². The van der Waals surface area contributed by atoms with Crippen molar-refractivity contribution in [2.45, 2.75) is 13.3 Å². The van der Waals surface area contributed by atoms with Crippen LogP contribution in [0.5, 0.6) is 0 Å². The van der Waals surface area contributed by atoms with Crippen LogP contribution in [0, 0.1) is 0 Å². The van der Waals surface area contributed by atoms with Crippen LogP contribution in [-0.2, 0) is 11.2 Å². The first kappa shape index (κ1) is 11.1. The van der Waals surface area contributed by atoms with Gasteiger partial charge in [-0.3, -0.25) is 9.59 Å². The first-order valence-corrected chi connectivity index (χ1v) is 6.41. The predicted octanol–water partition coefficient (Wildman–Crippen LogP) is 2.51. The van der Waals surface area contributed by atoms with E-state index in [2.05, 4.69) is 10.3 Å². The largest absolute Gasteiger partial charge is 0.326 e. The minimum absolute atomic E-state index is 0.0184. The number of nitrogens with one attached hydrogen (secondary N) is 1. The van der Waals surface area contributed by atoms with E-state index >= 15 is 0 Å². The van der Waals surface area contributed by atoms with E-state index in [0.29, 0.717) is 11.4 Å². The lowest BCUT2D eigenvalue weighted by atomic mass is 10.1. The van der Waals surface area contributed by atoms with Crippen LogP contribution >= 0.6 is 11.3 Å². The molecule has 18 heavy (non-hydrogen) atoms. The molecule has 2 aromatic rings. The van der Waals surface area contributed by atoms with Crippen LogP contribution in [-0.4, -0.2) is 16.7 Å². The molecule has 0 aliphatic carbocycles. The van der Waals surface area contributed by atoms with Crippen LogP contribution in [0.4, 0.5) is 5.69 Å². The monoisotopic (exact) mass is 258 g/mol. The van der Waals surface area contributed by atoms with Crippen molar-refractivity contribution in [2.24, 2.45) is 0 Å². The average Bonchev–Trinajstić information content (AvgIpc) is 2.91. The van der Waals surface area contributed by atoms with Crippen LogP contribution in [0.1, 0.15) is 22.3 Å². The molecule has 1 aliphatic heterocycles. The van der Waals surface area contributed by atoms with Crippen molar-refractivity contribution in [1.29, 1.82) is 0 Å². The van der Waals surface area contributed by atoms with Crippen molar-refractivity contribution in [1.82, 2.24) is 4.98 Å². The Kier molecular flexibility index (Phi) is 2.48. The van der Waals surface area contributed by atoms with E-state index in [1.165, 1.54) is 18.3 Å². The predicted molar refractivity (Wildman–Crippen MR) is 69.9 cm³/mol. The number of hydrogen-bond acceptors (Lipinski definition) is 4. The third-order valence-electron chi connectivity index (χ3n) is 2.83. The molecule has 0 unspecified atom stereocenters. The number of carbonyl (C=O) groups is 2. The molecular formula is C13H10N2O2S. The third kappa shape index (κ3) is 1.82. The van der Waals surface area contributed by atoms with Gasteiger partial charge in [-0.25, -0.2) is 4.98 Å². The lowest BCUT2D eigenvalue weighted by molar-refractivity contribution is -0.115. The number of hydrogen-bond donors (Lipinski definition) is 1. The van der Waals surface area contributed by atoms with Gasteiger partial charge in [0.05, 0.1) is 12.1 Å². The fourth-order valence-electron chi connectivity index (χ4n) is 1.96. The molecule has 4 nitrogen and oxygen atoms in total. The minimum Gasteiger partial charge on any atom is -0.326 e. The molecule has 0 atom stereocenters. The van der Waals surface area contributed by atoms with Gasteiger partial charge in [-0.15, -0.1) is 11.3 Å². The fourth-order valence-corrected chi connectivity index (χ4v) is 2.69. The Labute approximate surface area is 108 Å². The standard InChI is InChI=1S/C13H10N2O2S/c1-7(16)13-15-11(6-18-13)8-2-3-10-9(4-8)5-12(17)14-10/h2-4,6H,5H2,1H3,(H,14,17). The molecule has 3 rings (SSSR count). The molecular weight excluding hydrogens is 248 g/mol. The first-order valence-electron chi connectivity index (χ1n) is 5.53. The summed E-state index contributed by atoms with van der Waals surface area (Å²) in [5, 5.41) is 5.17. The quantitative estimate of drug-likeness (QED) is 0.842. The van der Waals surface area contributed by atoms with Gasteiger partial charge in [0.2, 0.25) is 5.91 Å². The number of aromatic nitrogens is 1. The van der Waals surface area contributed by atoms with E-state index in [1.807, 2.05) is 23.6 Å². The second kappa shape index (κ2) is 4.03. The van der Waals surface area contributed by atoms with Crippen molar-refractivity contribution in [2.75, 3.05) is 5.32 Å². The normalized spacial score (nSPS) is 13.3. The van der Waals surface area contributed by atoms with Gasteiger partial charge < -0.3 is 5.32 Å². The molecule has 0 radical (unpaired) electrons. The Morgan fingerprint density at radius 2 is 2.28 bits per heavy atom. The Morgan fingerprint density at radius 1 is 1.44 bits per heavy atom. The zero-order valence-electron chi connectivity index (χ0n) is 9.69. The number of carbonyl (C=O) groups excluding carboxylic acids is 2. The highest BCUT2D eigenvalue weighted by Crippen LogP contribution is 2.29. The van der Waals surface area contributed by atoms with Gasteiger partial charge in [0.15, 0.2) is 10.8 Å². The number of Topliss-reactive ketones (excluding diaryl/α,β-unsaturated/α-hetero) is 1. The number of anilines is 1. The lowest BCUT2D eigenvalue weighted by Crippen LogP contribution is -2.03. The van der Waals surface area contributed by atoms with Crippen LogP contribution in [0.3, 0.4) is 0 Å². The van der Waals surface area contributed by atoms with E-state index in [4.69, 9.17) is 0 Å². The van der Waals surface area contributed by atoms with Crippen molar-refractivity contribution in [3.63, 3.8) is 0 Å². The molecule has 1 aromatic carbocycles. The molecule has 0 bridgehead atoms. The van der Waals surface area contributed by atoms with Gasteiger partial charge in [0, 0.05) is 23.6 Å². The topological polar surface area (TPSA) is 59.1 Å². The summed E-state index contributed by atoms with van der Waals surface area (Å²) in [6.45, 7) is 1.51. The number of amides is 1. The van der Waals surface area contributed by atoms with E-state index in [1.54, 1.807) is 0 Å². The maximum absolute atomic E-state index is 11.3. The number of nitrogens with zero attached hydrogens (tertiary/aromatic N) is 1. The molecule has 1 N–H and O–H groups in total. The minimum atomic E-state index is -0.0238. The highest BCUT2D eigenvalue weighted by atomic mass is 32.1. The number of benzene rings is 1. The molecule has 1 aromatic heterocycles. The molecule has 1 amide bonds. The van der Waals surface area contributed by atoms with Crippen molar-refractivity contribution in [3.05, 3.63) is 34.2 Å². The van der Waals surface area contributed by atoms with E-state index in [9.17, 15) is 9.59 Å². The molecule has 0 fully saturated rings. The van der Waals surface area contributed by atoms with Crippen molar-refractivity contribution < 1.29 is 9.59 Å². The third-order valence-corrected chi connectivity index (χ3v) is 3.77. The smallest absolute Gasteiger partial charge is 0.228 e. The second-order valence-corrected chi connectivity index (χ2v) is 5.05. The average molecular weight is 258 g/mol. The van der Waals surface area contributed by atoms with Gasteiger partial charge in [-0.1, -0.05) is 6.07 Å². The molecule has 5 heteroatoms. The van der Waals surface area contributed by atoms with E-state index < -0.39 is 0 Å². The number of ketones is 1. The summed E-state index contributed by atoms with van der Waals surface area (Å²) in [5.41, 5.74) is 3.57. The van der Waals surface area contributed by atoms with E-state index in [-0.39, 0.29) is 11.7 Å². The maximum atomic E-state index is 11.3. The first-order chi connectivity index (χ1) is 8.63. The van der Waals surface area contributed by atoms with Crippen LogP contribution in [0.15, 0.2) is 23.6 Å². The highest BCUT2D eigenvalue weighted by Gasteiger charge is 2.18. The number of thiazole rings is 1. The Bertz CT molecular complexity index is 661. The fraction of sp³-hybridized carbons (Fsp3) is 0.154. The van der Waals surface area contributed by atoms with Gasteiger partial charge in [0.25, 0.3) is 0 Å². The van der Waals surface area contributed by atoms with Crippen LogP contribution in [0.25, 0.3) is 11.3 Å². The number of rotatable bonds is 2. The summed E-state index contributed by atoms with van der Waals surface area (Å²) in [4.78, 5) is 26.8. The lowest BCUT2D eigenvalue weighted by Gasteiger charge is -2.01. The molecule has 90 valence electrons. The van der Waals surface area contributed by atoms with Gasteiger partial charge in [-0.2, -0.15) is 0 Å². The maximum Gasteiger partial charge on any atom is 0.228 e. The molecule has 0 saturated heterocycles. The Morgan fingerprint density at radius 3 is 3.00 bits per heavy atom.